The van der Waals surface area contributed by atoms with Crippen molar-refractivity contribution in [2.45, 2.75) is 20.3 Å². The molecule has 0 spiro atoms. The Bertz CT molecular complexity index is 376. The third-order valence-corrected chi connectivity index (χ3v) is 1.76. The number of hydrogen-bond acceptors (Lipinski definition) is 3. The summed E-state index contributed by atoms with van der Waals surface area (Å²) in [7, 11) is 0. The second-order valence-corrected chi connectivity index (χ2v) is 2.97. The Morgan fingerprint density at radius 2 is 2.25 bits per heavy atom. The number of carbonyl (C=O) groups is 1. The van der Waals surface area contributed by atoms with E-state index in [4.69, 9.17) is 0 Å². The lowest BCUT2D eigenvalue weighted by molar-refractivity contribution is 0.0906. The molecule has 0 unspecified atom stereocenters. The third kappa shape index (κ3) is 0.958. The van der Waals surface area contributed by atoms with Gasteiger partial charge in [-0.15, -0.1) is 0 Å². The summed E-state index contributed by atoms with van der Waals surface area (Å²) in [5.41, 5.74) is 1.68. The van der Waals surface area contributed by atoms with Crippen molar-refractivity contribution >= 4 is 17.4 Å². The molecule has 0 atom stereocenters. The van der Waals surface area contributed by atoms with Gasteiger partial charge in [0.05, 0.1) is 12.1 Å². The molecule has 0 amide bonds. The molecule has 0 aliphatic carbocycles. The molecular formula is C8H9N3O. The quantitative estimate of drug-likeness (QED) is 0.579. The summed E-state index contributed by atoms with van der Waals surface area (Å²) < 4.78 is 1.36. The van der Waals surface area contributed by atoms with Crippen molar-refractivity contribution in [3.05, 3.63) is 11.8 Å². The molecule has 4 nitrogen and oxygen atoms in total. The van der Waals surface area contributed by atoms with Gasteiger partial charge in [-0.3, -0.25) is 4.79 Å². The van der Waals surface area contributed by atoms with E-state index < -0.39 is 0 Å². The first-order valence-electron chi connectivity index (χ1n) is 3.81. The van der Waals surface area contributed by atoms with Crippen LogP contribution in [-0.4, -0.2) is 21.4 Å². The van der Waals surface area contributed by atoms with Crippen molar-refractivity contribution in [3.63, 3.8) is 0 Å². The maximum atomic E-state index is 11.3. The van der Waals surface area contributed by atoms with Crippen molar-refractivity contribution < 1.29 is 4.79 Å². The molecule has 0 aromatic carbocycles. The predicted octanol–water partition coefficient (Wildman–Crippen LogP) is 1.33. The van der Waals surface area contributed by atoms with Gasteiger partial charge in [0.1, 0.15) is 0 Å². The highest BCUT2D eigenvalue weighted by atomic mass is 16.2. The minimum atomic E-state index is 0.00519. The van der Waals surface area contributed by atoms with Gasteiger partial charge < -0.3 is 0 Å². The molecule has 12 heavy (non-hydrogen) atoms. The molecule has 62 valence electrons. The fraction of sp³-hybridized carbons (Fsp3) is 0.375. The molecule has 4 heteroatoms. The maximum Gasteiger partial charge on any atom is 0.254 e. The van der Waals surface area contributed by atoms with E-state index in [1.54, 1.807) is 6.07 Å². The molecule has 1 aliphatic rings. The second kappa shape index (κ2) is 2.27. The highest BCUT2D eigenvalue weighted by molar-refractivity contribution is 6.04. The van der Waals surface area contributed by atoms with Gasteiger partial charge in [-0.1, -0.05) is 0 Å². The van der Waals surface area contributed by atoms with Crippen LogP contribution in [-0.2, 0) is 0 Å². The van der Waals surface area contributed by atoms with E-state index in [9.17, 15) is 4.79 Å². The lowest BCUT2D eigenvalue weighted by atomic mass is 10.2. The predicted molar refractivity (Wildman–Crippen MR) is 45.0 cm³/mol. The van der Waals surface area contributed by atoms with E-state index >= 15 is 0 Å². The molecule has 0 N–H and O–H groups in total. The minimum Gasteiger partial charge on any atom is -0.272 e. The first kappa shape index (κ1) is 7.21. The molecule has 0 saturated carbocycles. The molecule has 1 aromatic heterocycles. The summed E-state index contributed by atoms with van der Waals surface area (Å²) >= 11 is 0. The topological polar surface area (TPSA) is 47.2 Å². The average molecular weight is 163 g/mol. The Labute approximate surface area is 69.9 Å². The van der Waals surface area contributed by atoms with Crippen LogP contribution in [0.5, 0.6) is 0 Å². The van der Waals surface area contributed by atoms with Crippen LogP contribution in [0.1, 0.15) is 23.8 Å². The number of fused-ring (bicyclic) bond motifs is 1. The first-order valence-corrected chi connectivity index (χ1v) is 3.81. The van der Waals surface area contributed by atoms with Gasteiger partial charge in [-0.25, -0.2) is 4.99 Å². The molecule has 0 bridgehead atoms. The van der Waals surface area contributed by atoms with Gasteiger partial charge in [-0.2, -0.15) is 9.78 Å². The van der Waals surface area contributed by atoms with Crippen molar-refractivity contribution in [2.75, 3.05) is 0 Å². The third-order valence-electron chi connectivity index (χ3n) is 1.76. The van der Waals surface area contributed by atoms with Crippen LogP contribution in [0.4, 0.5) is 5.82 Å². The maximum absolute atomic E-state index is 11.3. The summed E-state index contributed by atoms with van der Waals surface area (Å²) in [5.74, 6) is 0.659. The van der Waals surface area contributed by atoms with Crippen LogP contribution in [0.2, 0.25) is 0 Å². The summed E-state index contributed by atoms with van der Waals surface area (Å²) in [5, 5.41) is 4.03. The van der Waals surface area contributed by atoms with Gasteiger partial charge in [-0.05, 0) is 13.8 Å². The molecule has 2 heterocycles. The smallest absolute Gasteiger partial charge is 0.254 e. The summed E-state index contributed by atoms with van der Waals surface area (Å²) in [6.45, 7) is 3.70. The lowest BCUT2D eigenvalue weighted by Gasteiger charge is -2.08. The highest BCUT2D eigenvalue weighted by Gasteiger charge is 2.17. The van der Waals surface area contributed by atoms with E-state index in [-0.39, 0.29) is 5.91 Å². The number of aliphatic imine (C=N–C) groups is 1. The van der Waals surface area contributed by atoms with Crippen molar-refractivity contribution in [3.8, 4) is 0 Å². The van der Waals surface area contributed by atoms with Gasteiger partial charge in [0, 0.05) is 11.8 Å². The van der Waals surface area contributed by atoms with Crippen molar-refractivity contribution in [1.29, 1.82) is 0 Å². The van der Waals surface area contributed by atoms with Crippen molar-refractivity contribution in [2.24, 2.45) is 4.99 Å². The SMILES string of the molecule is CC1=Nc2cc(C)nn2C(=O)C1. The lowest BCUT2D eigenvalue weighted by Crippen LogP contribution is -2.19. The van der Waals surface area contributed by atoms with Gasteiger partial charge in [0.2, 0.25) is 0 Å². The highest BCUT2D eigenvalue weighted by Crippen LogP contribution is 2.19. The van der Waals surface area contributed by atoms with Gasteiger partial charge in [0.15, 0.2) is 5.82 Å². The van der Waals surface area contributed by atoms with Crippen LogP contribution >= 0.6 is 0 Å². The largest absolute Gasteiger partial charge is 0.272 e. The van der Waals surface area contributed by atoms with Crippen LogP contribution in [0, 0.1) is 6.92 Å². The molecule has 2 rings (SSSR count). The summed E-state index contributed by atoms with van der Waals surface area (Å²) in [6.07, 6.45) is 0.383. The molecule has 0 radical (unpaired) electrons. The standard InChI is InChI=1S/C8H9N3O/c1-5-4-8(12)11-7(9-5)3-6(2)10-11/h3H,4H2,1-2H3. The van der Waals surface area contributed by atoms with Crippen molar-refractivity contribution in [1.82, 2.24) is 9.78 Å². The van der Waals surface area contributed by atoms with Crippen LogP contribution in [0.15, 0.2) is 11.1 Å². The Morgan fingerprint density at radius 3 is 3.00 bits per heavy atom. The van der Waals surface area contributed by atoms with Crippen LogP contribution in [0.3, 0.4) is 0 Å². The number of carbonyl (C=O) groups excluding carboxylic acids is 1. The summed E-state index contributed by atoms with van der Waals surface area (Å²) in [6, 6.07) is 1.81. The van der Waals surface area contributed by atoms with Crippen LogP contribution in [0.25, 0.3) is 0 Å². The first-order chi connectivity index (χ1) is 5.66. The Kier molecular flexibility index (Phi) is 1.36. The monoisotopic (exact) mass is 163 g/mol. The number of rotatable bonds is 0. The van der Waals surface area contributed by atoms with E-state index in [1.165, 1.54) is 4.68 Å². The molecule has 0 saturated heterocycles. The Hall–Kier alpha value is -1.45. The number of aromatic nitrogens is 2. The zero-order valence-electron chi connectivity index (χ0n) is 7.03. The fourth-order valence-corrected chi connectivity index (χ4v) is 1.28. The number of hydrogen-bond donors (Lipinski definition) is 0. The zero-order valence-corrected chi connectivity index (χ0v) is 7.03. The normalized spacial score (nSPS) is 15.8. The fourth-order valence-electron chi connectivity index (χ4n) is 1.28. The Morgan fingerprint density at radius 1 is 1.50 bits per heavy atom. The molecular weight excluding hydrogens is 154 g/mol. The average Bonchev–Trinajstić information content (AvgIpc) is 2.29. The number of nitrogens with zero attached hydrogens (tertiary/aromatic N) is 3. The van der Waals surface area contributed by atoms with Crippen LogP contribution < -0.4 is 0 Å². The second-order valence-electron chi connectivity index (χ2n) is 2.97. The van der Waals surface area contributed by atoms with E-state index in [2.05, 4.69) is 10.1 Å². The Balaban J connectivity index is 2.61. The number of aryl methyl sites for hydroxylation is 1. The van der Waals surface area contributed by atoms with E-state index in [1.807, 2.05) is 13.8 Å². The van der Waals surface area contributed by atoms with E-state index in [0.717, 1.165) is 11.4 Å². The molecule has 0 fully saturated rings. The minimum absolute atomic E-state index is 0.00519. The van der Waals surface area contributed by atoms with Gasteiger partial charge in [0.25, 0.3) is 5.91 Å². The van der Waals surface area contributed by atoms with E-state index in [0.29, 0.717) is 12.2 Å². The zero-order chi connectivity index (χ0) is 8.72. The molecule has 1 aromatic rings. The molecule has 1 aliphatic heterocycles. The summed E-state index contributed by atoms with van der Waals surface area (Å²) in [4.78, 5) is 15.5. The van der Waals surface area contributed by atoms with Gasteiger partial charge >= 0.3 is 0 Å².